The minimum absolute atomic E-state index is 0.0659. The molecular formula is C28H27N5O4S. The lowest BCUT2D eigenvalue weighted by atomic mass is 10.1. The van der Waals surface area contributed by atoms with Crippen molar-refractivity contribution >= 4 is 50.6 Å². The van der Waals surface area contributed by atoms with Gasteiger partial charge in [0.25, 0.3) is 5.91 Å². The van der Waals surface area contributed by atoms with Crippen molar-refractivity contribution in [2.45, 2.75) is 25.8 Å². The standard InChI is InChI=1S/C28H27N5O4S/c1-16-14-18(37-22-8-4-3-7-21(22)36-2)9-10-19(16)33-20-11-13-30-27-23(20)24(32-28(33)35)25(38-27)26(34)31-17-6-5-12-29-15-17/h3-4,7-11,13-14,17,29H,5-6,12,15H2,1-2H3,(H,31,34)(H,32,35). The fraction of sp³-hybridized carbons (Fsp3) is 0.250. The maximum Gasteiger partial charge on any atom is 0.331 e. The molecule has 38 heavy (non-hydrogen) atoms. The predicted octanol–water partition coefficient (Wildman–Crippen LogP) is 5.57. The Balaban J connectivity index is 1.33. The molecule has 10 heteroatoms. The summed E-state index contributed by atoms with van der Waals surface area (Å²) in [6.07, 6.45) is 3.62. The fourth-order valence-electron chi connectivity index (χ4n) is 4.98. The Morgan fingerprint density at radius 2 is 2.00 bits per heavy atom. The van der Waals surface area contributed by atoms with Crippen LogP contribution in [-0.2, 0) is 0 Å². The number of nitrogens with zero attached hydrogens (tertiary/aromatic N) is 2. The number of urea groups is 1. The van der Waals surface area contributed by atoms with Crippen molar-refractivity contribution in [3.63, 3.8) is 0 Å². The van der Waals surface area contributed by atoms with E-state index in [1.165, 1.54) is 11.3 Å². The monoisotopic (exact) mass is 529 g/mol. The van der Waals surface area contributed by atoms with Crippen LogP contribution in [0.1, 0.15) is 28.1 Å². The third-order valence-corrected chi connectivity index (χ3v) is 7.89. The number of hydrogen-bond donors (Lipinski definition) is 3. The second-order valence-electron chi connectivity index (χ2n) is 9.30. The molecule has 4 aromatic rings. The minimum atomic E-state index is -0.335. The zero-order valence-electron chi connectivity index (χ0n) is 21.0. The lowest BCUT2D eigenvalue weighted by Gasteiger charge is -2.30. The molecule has 4 heterocycles. The number of amides is 3. The SMILES string of the molecule is COc1ccccc1Oc1ccc(N2C(=O)Nc3c(C(=O)NC4CCCNC4)sc4nccc2c34)c(C)c1. The minimum Gasteiger partial charge on any atom is -0.493 e. The molecule has 194 valence electrons. The van der Waals surface area contributed by atoms with E-state index < -0.39 is 0 Å². The molecule has 0 saturated carbocycles. The number of rotatable bonds is 6. The molecule has 0 aliphatic carbocycles. The zero-order valence-corrected chi connectivity index (χ0v) is 21.9. The normalized spacial score (nSPS) is 16.7. The van der Waals surface area contributed by atoms with Crippen LogP contribution in [0.25, 0.3) is 10.2 Å². The summed E-state index contributed by atoms with van der Waals surface area (Å²) >= 11 is 1.29. The maximum absolute atomic E-state index is 13.5. The van der Waals surface area contributed by atoms with Gasteiger partial charge in [-0.1, -0.05) is 12.1 Å². The van der Waals surface area contributed by atoms with Crippen molar-refractivity contribution in [2.75, 3.05) is 30.4 Å². The number of benzene rings is 2. The summed E-state index contributed by atoms with van der Waals surface area (Å²) in [5.74, 6) is 1.67. The van der Waals surface area contributed by atoms with Crippen molar-refractivity contribution in [2.24, 2.45) is 0 Å². The summed E-state index contributed by atoms with van der Waals surface area (Å²) < 4.78 is 11.4. The van der Waals surface area contributed by atoms with E-state index >= 15 is 0 Å². The van der Waals surface area contributed by atoms with Crippen molar-refractivity contribution < 1.29 is 19.1 Å². The molecule has 6 rings (SSSR count). The van der Waals surface area contributed by atoms with Crippen LogP contribution < -0.4 is 30.3 Å². The highest BCUT2D eigenvalue weighted by Gasteiger charge is 2.33. The van der Waals surface area contributed by atoms with Crippen LogP contribution in [0, 0.1) is 6.92 Å². The Hall–Kier alpha value is -4.15. The smallest absolute Gasteiger partial charge is 0.331 e. The zero-order chi connectivity index (χ0) is 26.2. The first-order valence-corrected chi connectivity index (χ1v) is 13.3. The number of piperidine rings is 1. The van der Waals surface area contributed by atoms with Crippen LogP contribution in [0.3, 0.4) is 0 Å². The van der Waals surface area contributed by atoms with E-state index in [-0.39, 0.29) is 18.0 Å². The van der Waals surface area contributed by atoms with Gasteiger partial charge < -0.3 is 25.4 Å². The van der Waals surface area contributed by atoms with E-state index in [0.717, 1.165) is 36.9 Å². The average Bonchev–Trinajstić information content (AvgIpc) is 3.30. The molecule has 0 spiro atoms. The van der Waals surface area contributed by atoms with Crippen molar-refractivity contribution in [1.82, 2.24) is 15.6 Å². The van der Waals surface area contributed by atoms with E-state index in [9.17, 15) is 9.59 Å². The molecule has 1 unspecified atom stereocenters. The van der Waals surface area contributed by atoms with Crippen LogP contribution in [-0.4, -0.2) is 43.2 Å². The highest BCUT2D eigenvalue weighted by atomic mass is 32.1. The highest BCUT2D eigenvalue weighted by Crippen LogP contribution is 2.46. The van der Waals surface area contributed by atoms with Gasteiger partial charge in [-0.15, -0.1) is 11.3 Å². The number of aryl methyl sites for hydroxylation is 1. The van der Waals surface area contributed by atoms with E-state index in [1.807, 2.05) is 55.5 Å². The van der Waals surface area contributed by atoms with Gasteiger partial charge >= 0.3 is 6.03 Å². The van der Waals surface area contributed by atoms with Crippen LogP contribution in [0.2, 0.25) is 0 Å². The van der Waals surface area contributed by atoms with E-state index in [2.05, 4.69) is 20.9 Å². The summed E-state index contributed by atoms with van der Waals surface area (Å²) in [4.78, 5) is 34.0. The predicted molar refractivity (Wildman–Crippen MR) is 148 cm³/mol. The largest absolute Gasteiger partial charge is 0.493 e. The number of methoxy groups -OCH3 is 1. The van der Waals surface area contributed by atoms with Crippen LogP contribution >= 0.6 is 11.3 Å². The number of anilines is 3. The first-order chi connectivity index (χ1) is 18.5. The first kappa shape index (κ1) is 24.2. The lowest BCUT2D eigenvalue weighted by molar-refractivity contribution is 0.0935. The van der Waals surface area contributed by atoms with Crippen molar-refractivity contribution in [3.8, 4) is 17.2 Å². The van der Waals surface area contributed by atoms with Crippen LogP contribution in [0.5, 0.6) is 17.2 Å². The summed E-state index contributed by atoms with van der Waals surface area (Å²) in [6.45, 7) is 3.63. The summed E-state index contributed by atoms with van der Waals surface area (Å²) in [5, 5.41) is 10.2. The fourth-order valence-corrected chi connectivity index (χ4v) is 6.00. The second-order valence-corrected chi connectivity index (χ2v) is 10.3. The Morgan fingerprint density at radius 1 is 1.16 bits per heavy atom. The Kier molecular flexibility index (Phi) is 6.34. The number of para-hydroxylation sites is 2. The number of aromatic nitrogens is 1. The molecule has 3 amide bonds. The van der Waals surface area contributed by atoms with Crippen LogP contribution in [0.4, 0.5) is 21.9 Å². The molecule has 2 aromatic carbocycles. The summed E-state index contributed by atoms with van der Waals surface area (Å²) in [5.41, 5.74) is 2.76. The summed E-state index contributed by atoms with van der Waals surface area (Å²) in [7, 11) is 1.60. The Morgan fingerprint density at radius 3 is 2.76 bits per heavy atom. The van der Waals surface area contributed by atoms with Gasteiger partial charge in [-0.05, 0) is 68.3 Å². The summed E-state index contributed by atoms with van der Waals surface area (Å²) in [6, 6.07) is 14.5. The number of carbonyl (C=O) groups excluding carboxylic acids is 2. The molecular weight excluding hydrogens is 502 g/mol. The van der Waals surface area contributed by atoms with E-state index in [1.54, 1.807) is 18.2 Å². The number of carbonyl (C=O) groups is 2. The number of hydrogen-bond acceptors (Lipinski definition) is 7. The highest BCUT2D eigenvalue weighted by molar-refractivity contribution is 7.21. The molecule has 2 aliphatic heterocycles. The van der Waals surface area contributed by atoms with Gasteiger partial charge in [0.05, 0.1) is 29.6 Å². The van der Waals surface area contributed by atoms with Gasteiger partial charge in [0.1, 0.15) is 15.5 Å². The Labute approximate surface area is 223 Å². The molecule has 2 aromatic heterocycles. The quantitative estimate of drug-likeness (QED) is 0.302. The molecule has 2 aliphatic rings. The van der Waals surface area contributed by atoms with Crippen LogP contribution in [0.15, 0.2) is 54.7 Å². The Bertz CT molecular complexity index is 1550. The topological polar surface area (TPSA) is 105 Å². The second kappa shape index (κ2) is 9.96. The number of thiophene rings is 1. The van der Waals surface area contributed by atoms with E-state index in [0.29, 0.717) is 44.0 Å². The van der Waals surface area contributed by atoms with Gasteiger partial charge in [-0.2, -0.15) is 0 Å². The molecule has 1 saturated heterocycles. The van der Waals surface area contributed by atoms with Gasteiger partial charge in [0.15, 0.2) is 11.5 Å². The van der Waals surface area contributed by atoms with Gasteiger partial charge in [-0.3, -0.25) is 9.69 Å². The number of nitrogens with one attached hydrogen (secondary N) is 3. The molecule has 0 radical (unpaired) electrons. The van der Waals surface area contributed by atoms with E-state index in [4.69, 9.17) is 9.47 Å². The molecule has 1 atom stereocenters. The molecule has 9 nitrogen and oxygen atoms in total. The van der Waals surface area contributed by atoms with Gasteiger partial charge in [0.2, 0.25) is 0 Å². The first-order valence-electron chi connectivity index (χ1n) is 12.5. The third-order valence-electron chi connectivity index (χ3n) is 6.79. The third kappa shape index (κ3) is 4.31. The molecule has 3 N–H and O–H groups in total. The lowest BCUT2D eigenvalue weighted by Crippen LogP contribution is -2.45. The maximum atomic E-state index is 13.5. The van der Waals surface area contributed by atoms with Gasteiger partial charge in [0, 0.05) is 18.8 Å². The molecule has 0 bridgehead atoms. The molecule has 1 fully saturated rings. The average molecular weight is 530 g/mol. The van der Waals surface area contributed by atoms with Gasteiger partial charge in [-0.25, -0.2) is 9.78 Å². The number of ether oxygens (including phenoxy) is 2. The van der Waals surface area contributed by atoms with Crippen molar-refractivity contribution in [3.05, 3.63) is 65.2 Å². The number of pyridine rings is 1. The van der Waals surface area contributed by atoms with Crippen molar-refractivity contribution in [1.29, 1.82) is 0 Å².